The van der Waals surface area contributed by atoms with E-state index in [1.807, 2.05) is 211 Å². The van der Waals surface area contributed by atoms with Crippen LogP contribution in [0, 0.1) is 19.8 Å². The summed E-state index contributed by atoms with van der Waals surface area (Å²) >= 11 is 0. The van der Waals surface area contributed by atoms with E-state index in [1.54, 1.807) is 51.3 Å². The highest BCUT2D eigenvalue weighted by Crippen LogP contribution is 2.30. The van der Waals surface area contributed by atoms with Gasteiger partial charge in [-0.1, -0.05) is 177 Å². The monoisotopic (exact) mass is 1830 g/mol. The van der Waals surface area contributed by atoms with Gasteiger partial charge >= 0.3 is 0 Å². The lowest BCUT2D eigenvalue weighted by Gasteiger charge is -2.18. The number of aryl methyl sites for hydroxylation is 2. The number of ether oxygens (including phenoxy) is 3. The highest BCUT2D eigenvalue weighted by molar-refractivity contribution is 5.81. The van der Waals surface area contributed by atoms with Crippen LogP contribution in [0.2, 0.25) is 0 Å². The SMILES string of the molecule is CC(C)(C)n1cc(-c2ccccc2)cn1.CC(C)(C)n1cc(-c2ccccc2)cn1.CC(C)(C)n1cc(-c2ccccn2)cn1.CC(C)(C)n1cc(-c2cccnc2)cn1.CC(C)(C)n1cc(Oc2ccccc2)cn1.CC(C)C1=CCN=C1.CC(C)c1ccno1.COc1cc(C(C)(C)C)on1.COc1cnn(C(C)(C)C)c1.Cc1cc(C(C)(C)C)on1.Cc1cnn(C(C)(C)C)c1. The van der Waals surface area contributed by atoms with Crippen molar-refractivity contribution in [3.8, 4) is 67.8 Å². The van der Waals surface area contributed by atoms with Crippen LogP contribution < -0.4 is 14.2 Å². The summed E-state index contributed by atoms with van der Waals surface area (Å²) in [6.07, 6.45) is 38.2. The first kappa shape index (κ1) is 110. The standard InChI is InChI=1S/C13H16N2O.2C13H16N2.2C12H15N3.C8H14N2O.C8H14N2.C8H13NO2.C8H13NO.C7H11N.C6H9NO/c1-13(2,3)15-10-12(9-14-15)16-11-7-5-4-6-8-11;2*1-13(2,3)15-10-12(9-14-15)11-7-5-4-6-8-11;1-12(2,3)15-9-11(8-14-15)10-5-4-6-13-7-10;1-12(2,3)15-9-10(8-14-15)11-6-4-5-7-13-11;1-8(2,3)10-6-7(11-4)5-9-10;1-7-5-9-10(6-7)8(2,3)4;1-8(2,3)6-5-7(10-4)9-11-6;1-6-5-7(10-9-6)8(2,3)4;1-6(2)7-3-4-8-5-7;1-5(2)6-3-4-7-8-6/h4-10H,1-3H3;2*4-10H,1-3H3;2*4-9H,1-3H3;5-6H,1-4H3;5-6H,1-4H3;5H,1-4H3;5H,1-4H3;3,5-6H,4H2,1-2H3;3-5H,1-2H3. The number of para-hydroxylation sites is 1. The second-order valence-electron chi connectivity index (χ2n) is 41.9. The predicted octanol–water partition coefficient (Wildman–Crippen LogP) is 26.7. The first-order valence-corrected chi connectivity index (χ1v) is 45.6. The van der Waals surface area contributed by atoms with Gasteiger partial charge in [0.2, 0.25) is 0 Å². The molecule has 15 aromatic rings. The smallest absolute Gasteiger partial charge is 0.254 e. The van der Waals surface area contributed by atoms with Crippen LogP contribution in [0.3, 0.4) is 0 Å². The molecule has 26 heteroatoms. The molecule has 0 bridgehead atoms. The minimum absolute atomic E-state index is 0.00375. The maximum atomic E-state index is 5.67. The molecule has 0 saturated heterocycles. The van der Waals surface area contributed by atoms with Crippen LogP contribution in [0.15, 0.2) is 281 Å². The second kappa shape index (κ2) is 49.6. The molecule has 13 heterocycles. The Labute approximate surface area is 798 Å². The molecule has 0 N–H and O–H groups in total. The van der Waals surface area contributed by atoms with Gasteiger partial charge in [-0.15, -0.1) is 0 Å². The van der Waals surface area contributed by atoms with Crippen molar-refractivity contribution < 1.29 is 27.8 Å². The van der Waals surface area contributed by atoms with Crippen molar-refractivity contribution in [3.63, 3.8) is 0 Å². The number of aliphatic imine (C=N–C) groups is 1. The summed E-state index contributed by atoms with van der Waals surface area (Å²) in [6.45, 7) is 70.6. The molecule has 0 aliphatic carbocycles. The molecule has 0 amide bonds. The van der Waals surface area contributed by atoms with Gasteiger partial charge in [-0.2, -0.15) is 35.7 Å². The molecule has 134 heavy (non-hydrogen) atoms. The average Bonchev–Trinajstić information content (AvgIpc) is 1.69. The molecule has 12 aromatic heterocycles. The van der Waals surface area contributed by atoms with Crippen LogP contribution in [-0.2, 0) is 49.6 Å². The summed E-state index contributed by atoms with van der Waals surface area (Å²) in [4.78, 5) is 12.5. The van der Waals surface area contributed by atoms with Gasteiger partial charge in [-0.05, 0) is 223 Å². The first-order valence-electron chi connectivity index (χ1n) is 45.6. The molecule has 0 saturated carbocycles. The lowest BCUT2D eigenvalue weighted by Crippen LogP contribution is -2.21. The minimum atomic E-state index is -0.0156. The highest BCUT2D eigenvalue weighted by Gasteiger charge is 2.24. The van der Waals surface area contributed by atoms with Gasteiger partial charge in [0.1, 0.15) is 23.0 Å². The van der Waals surface area contributed by atoms with Crippen LogP contribution >= 0.6 is 0 Å². The van der Waals surface area contributed by atoms with Gasteiger partial charge in [0.25, 0.3) is 5.88 Å². The molecule has 0 spiro atoms. The Kier molecular flexibility index (Phi) is 40.5. The summed E-state index contributed by atoms with van der Waals surface area (Å²) < 4.78 is 44.2. The van der Waals surface area contributed by atoms with Crippen LogP contribution in [0.4, 0.5) is 0 Å². The van der Waals surface area contributed by atoms with Crippen LogP contribution in [-0.4, -0.2) is 121 Å². The van der Waals surface area contributed by atoms with E-state index in [4.69, 9.17) is 27.8 Å². The van der Waals surface area contributed by atoms with Crippen molar-refractivity contribution in [1.82, 2.24) is 93.9 Å². The van der Waals surface area contributed by atoms with Crippen molar-refractivity contribution >= 4 is 6.21 Å². The third-order valence-electron chi connectivity index (χ3n) is 19.5. The largest absolute Gasteiger partial charge is 0.493 e. The molecular formula is C108H152N20O6. The fraction of sp³-hybridized carbons (Fsp3) is 0.435. The fourth-order valence-corrected chi connectivity index (χ4v) is 11.3. The number of rotatable bonds is 10. The van der Waals surface area contributed by atoms with E-state index in [-0.39, 0.29) is 49.6 Å². The summed E-state index contributed by atoms with van der Waals surface area (Å²) in [7, 11) is 3.22. The zero-order chi connectivity index (χ0) is 99.6. The van der Waals surface area contributed by atoms with Gasteiger partial charge < -0.3 is 27.8 Å². The van der Waals surface area contributed by atoms with Crippen LogP contribution in [0.5, 0.6) is 23.1 Å². The molecule has 1 aliphatic heterocycles. The van der Waals surface area contributed by atoms with E-state index in [2.05, 4.69) is 343 Å². The van der Waals surface area contributed by atoms with E-state index in [0.717, 1.165) is 69.2 Å². The van der Waals surface area contributed by atoms with Gasteiger partial charge in [0.05, 0.1) is 133 Å². The number of methoxy groups -OCH3 is 2. The van der Waals surface area contributed by atoms with Crippen LogP contribution in [0.25, 0.3) is 44.6 Å². The lowest BCUT2D eigenvalue weighted by atomic mass is 9.93. The zero-order valence-corrected chi connectivity index (χ0v) is 86.6. The Morgan fingerprint density at radius 1 is 0.336 bits per heavy atom. The van der Waals surface area contributed by atoms with E-state index >= 15 is 0 Å². The molecule has 0 fully saturated rings. The Balaban J connectivity index is 0.000000228. The third-order valence-corrected chi connectivity index (χ3v) is 19.5. The predicted molar refractivity (Wildman–Crippen MR) is 544 cm³/mol. The van der Waals surface area contributed by atoms with Crippen molar-refractivity contribution in [1.29, 1.82) is 0 Å². The van der Waals surface area contributed by atoms with Gasteiger partial charge in [0.15, 0.2) is 11.5 Å². The van der Waals surface area contributed by atoms with E-state index < -0.39 is 0 Å². The Morgan fingerprint density at radius 3 is 1.04 bits per heavy atom. The summed E-state index contributed by atoms with van der Waals surface area (Å²) in [5, 5.41) is 41.2. The number of allylic oxidation sites excluding steroid dienone is 1. The number of aromatic nitrogens is 19. The highest BCUT2D eigenvalue weighted by atomic mass is 16.5. The minimum Gasteiger partial charge on any atom is -0.493 e. The molecule has 1 aliphatic rings. The van der Waals surface area contributed by atoms with E-state index in [9.17, 15) is 0 Å². The van der Waals surface area contributed by atoms with Crippen molar-refractivity contribution in [2.75, 3.05) is 20.8 Å². The van der Waals surface area contributed by atoms with Crippen molar-refractivity contribution in [2.45, 2.75) is 284 Å². The first-order chi connectivity index (χ1) is 62.5. The molecule has 0 atom stereocenters. The maximum absolute atomic E-state index is 5.67. The van der Waals surface area contributed by atoms with Gasteiger partial charge in [-0.3, -0.25) is 47.7 Å². The zero-order valence-electron chi connectivity index (χ0n) is 86.6. The Hall–Kier alpha value is -13.1. The van der Waals surface area contributed by atoms with Gasteiger partial charge in [0, 0.05) is 119 Å². The summed E-state index contributed by atoms with van der Waals surface area (Å²) in [5.41, 5.74) is 12.9. The third kappa shape index (κ3) is 38.2. The number of hydrogen-bond donors (Lipinski definition) is 0. The number of hydrogen-bond acceptors (Lipinski definition) is 19. The Bertz CT molecular complexity index is 5360. The molecule has 3 aromatic carbocycles. The number of benzene rings is 3. The molecular weight excluding hydrogens is 1670 g/mol. The van der Waals surface area contributed by atoms with Crippen LogP contribution in [0.1, 0.15) is 249 Å². The molecule has 16 rings (SSSR count). The molecule has 0 unspecified atom stereocenters. The van der Waals surface area contributed by atoms with E-state index in [0.29, 0.717) is 17.7 Å². The molecule has 0 radical (unpaired) electrons. The maximum Gasteiger partial charge on any atom is 0.254 e. The quantitative estimate of drug-likeness (QED) is 0.123. The summed E-state index contributed by atoms with van der Waals surface area (Å²) in [6, 6.07) is 45.9. The topological polar surface area (TPSA) is 269 Å². The lowest BCUT2D eigenvalue weighted by molar-refractivity contribution is 0.301. The number of pyridine rings is 2. The Morgan fingerprint density at radius 2 is 0.739 bits per heavy atom. The van der Waals surface area contributed by atoms with Crippen molar-refractivity contribution in [3.05, 3.63) is 291 Å². The average molecular weight is 1830 g/mol. The number of nitrogens with zero attached hydrogens (tertiary/aromatic N) is 20. The summed E-state index contributed by atoms with van der Waals surface area (Å²) in [5.74, 6) is 6.79. The molecule has 720 valence electrons. The van der Waals surface area contributed by atoms with Crippen molar-refractivity contribution in [2.24, 2.45) is 10.9 Å². The van der Waals surface area contributed by atoms with Gasteiger partial charge in [-0.25, -0.2) is 0 Å². The second-order valence-corrected chi connectivity index (χ2v) is 41.9. The van der Waals surface area contributed by atoms with E-state index in [1.165, 1.54) is 33.4 Å². The fourth-order valence-electron chi connectivity index (χ4n) is 11.3. The normalized spacial score (nSPS) is 12.0. The molecule has 26 nitrogen and oxygen atoms in total.